The zero-order valence-electron chi connectivity index (χ0n) is 11.5. The number of carbonyl (C=O) groups excluding carboxylic acids is 1. The van der Waals surface area contributed by atoms with Gasteiger partial charge in [0.1, 0.15) is 5.78 Å². The highest BCUT2D eigenvalue weighted by Crippen LogP contribution is 2.67. The SMILES string of the molecule is CC[C@]12CCC(C)(C)C1CC(=O)CC2(C)C. The van der Waals surface area contributed by atoms with E-state index in [1.165, 1.54) is 19.3 Å². The van der Waals surface area contributed by atoms with Gasteiger partial charge < -0.3 is 0 Å². The highest BCUT2D eigenvalue weighted by atomic mass is 16.1. The predicted octanol–water partition coefficient (Wildman–Crippen LogP) is 4.21. The minimum atomic E-state index is 0.204. The third-order valence-corrected chi connectivity index (χ3v) is 5.88. The molecule has 2 saturated carbocycles. The number of rotatable bonds is 1. The summed E-state index contributed by atoms with van der Waals surface area (Å²) in [6, 6.07) is 0. The lowest BCUT2D eigenvalue weighted by atomic mass is 9.50. The van der Waals surface area contributed by atoms with E-state index in [4.69, 9.17) is 0 Å². The lowest BCUT2D eigenvalue weighted by Crippen LogP contribution is -2.49. The summed E-state index contributed by atoms with van der Waals surface area (Å²) in [6.07, 6.45) is 5.49. The fourth-order valence-corrected chi connectivity index (χ4v) is 4.79. The molecule has 2 aliphatic rings. The van der Waals surface area contributed by atoms with Gasteiger partial charge in [-0.3, -0.25) is 4.79 Å². The minimum absolute atomic E-state index is 0.204. The molecule has 0 amide bonds. The molecule has 0 aromatic heterocycles. The van der Waals surface area contributed by atoms with Crippen LogP contribution in [0.4, 0.5) is 0 Å². The van der Waals surface area contributed by atoms with Crippen molar-refractivity contribution in [3.8, 4) is 0 Å². The molecule has 0 aromatic rings. The molecule has 92 valence electrons. The maximum atomic E-state index is 12.0. The Labute approximate surface area is 100.0 Å². The molecule has 0 saturated heterocycles. The molecular weight excluding hydrogens is 196 g/mol. The monoisotopic (exact) mass is 222 g/mol. The zero-order chi connectivity index (χ0) is 12.2. The largest absolute Gasteiger partial charge is 0.300 e. The van der Waals surface area contributed by atoms with E-state index < -0.39 is 0 Å². The molecule has 0 radical (unpaired) electrons. The molecule has 2 rings (SSSR count). The molecule has 1 nitrogen and oxygen atoms in total. The van der Waals surface area contributed by atoms with Gasteiger partial charge in [-0.25, -0.2) is 0 Å². The quantitative estimate of drug-likeness (QED) is 0.649. The van der Waals surface area contributed by atoms with Crippen molar-refractivity contribution in [1.82, 2.24) is 0 Å². The van der Waals surface area contributed by atoms with Crippen molar-refractivity contribution >= 4 is 5.78 Å². The second-order valence-electron chi connectivity index (χ2n) is 7.35. The zero-order valence-corrected chi connectivity index (χ0v) is 11.5. The maximum absolute atomic E-state index is 12.0. The molecular formula is C15H26O. The Balaban J connectivity index is 2.46. The van der Waals surface area contributed by atoms with Crippen LogP contribution in [0, 0.1) is 22.2 Å². The number of fused-ring (bicyclic) bond motifs is 1. The van der Waals surface area contributed by atoms with Crippen molar-refractivity contribution in [1.29, 1.82) is 0 Å². The average molecular weight is 222 g/mol. The van der Waals surface area contributed by atoms with Gasteiger partial charge in [0.15, 0.2) is 0 Å². The molecule has 0 heterocycles. The maximum Gasteiger partial charge on any atom is 0.133 e. The van der Waals surface area contributed by atoms with E-state index in [0.29, 0.717) is 22.5 Å². The predicted molar refractivity (Wildman–Crippen MR) is 67.3 cm³/mol. The second kappa shape index (κ2) is 3.34. The molecule has 0 bridgehead atoms. The lowest BCUT2D eigenvalue weighted by molar-refractivity contribution is -0.137. The Morgan fingerprint density at radius 1 is 1.19 bits per heavy atom. The Bertz CT molecular complexity index is 313. The molecule has 0 aliphatic heterocycles. The second-order valence-corrected chi connectivity index (χ2v) is 7.35. The summed E-state index contributed by atoms with van der Waals surface area (Å²) in [6.45, 7) is 11.7. The number of hydrogen-bond donors (Lipinski definition) is 0. The van der Waals surface area contributed by atoms with Crippen LogP contribution in [0.2, 0.25) is 0 Å². The van der Waals surface area contributed by atoms with Crippen LogP contribution in [0.3, 0.4) is 0 Å². The van der Waals surface area contributed by atoms with Crippen LogP contribution in [0.5, 0.6) is 0 Å². The van der Waals surface area contributed by atoms with Gasteiger partial charge in [-0.1, -0.05) is 34.6 Å². The summed E-state index contributed by atoms with van der Waals surface area (Å²) in [5, 5.41) is 0. The van der Waals surface area contributed by atoms with Crippen LogP contribution in [0.1, 0.15) is 66.7 Å². The van der Waals surface area contributed by atoms with Crippen molar-refractivity contribution in [2.45, 2.75) is 66.7 Å². The highest BCUT2D eigenvalue weighted by Gasteiger charge is 2.60. The first kappa shape index (κ1) is 12.1. The van der Waals surface area contributed by atoms with Crippen molar-refractivity contribution < 1.29 is 4.79 Å². The fraction of sp³-hybridized carbons (Fsp3) is 0.933. The van der Waals surface area contributed by atoms with E-state index in [2.05, 4.69) is 34.6 Å². The van der Waals surface area contributed by atoms with E-state index in [0.717, 1.165) is 12.8 Å². The minimum Gasteiger partial charge on any atom is -0.300 e. The number of Topliss-reactive ketones (excluding diaryl/α,β-unsaturated/α-hetero) is 1. The molecule has 1 unspecified atom stereocenters. The normalized spacial score (nSPS) is 40.8. The van der Waals surface area contributed by atoms with Crippen LogP contribution < -0.4 is 0 Å². The van der Waals surface area contributed by atoms with Crippen LogP contribution in [-0.2, 0) is 4.79 Å². The fourth-order valence-electron chi connectivity index (χ4n) is 4.79. The summed E-state index contributed by atoms with van der Waals surface area (Å²) < 4.78 is 0. The van der Waals surface area contributed by atoms with Crippen LogP contribution in [0.15, 0.2) is 0 Å². The molecule has 0 spiro atoms. The van der Waals surface area contributed by atoms with Gasteiger partial charge in [0, 0.05) is 12.8 Å². The molecule has 1 heteroatoms. The highest BCUT2D eigenvalue weighted by molar-refractivity contribution is 5.81. The lowest BCUT2D eigenvalue weighted by Gasteiger charge is -2.53. The third kappa shape index (κ3) is 1.39. The van der Waals surface area contributed by atoms with Crippen molar-refractivity contribution in [3.05, 3.63) is 0 Å². The van der Waals surface area contributed by atoms with Gasteiger partial charge in [0.25, 0.3) is 0 Å². The van der Waals surface area contributed by atoms with Gasteiger partial charge in [0.2, 0.25) is 0 Å². The van der Waals surface area contributed by atoms with E-state index >= 15 is 0 Å². The molecule has 2 atom stereocenters. The first-order valence-electron chi connectivity index (χ1n) is 6.77. The smallest absolute Gasteiger partial charge is 0.133 e. The Morgan fingerprint density at radius 2 is 1.81 bits per heavy atom. The van der Waals surface area contributed by atoms with Gasteiger partial charge >= 0.3 is 0 Å². The molecule has 2 aliphatic carbocycles. The number of carbonyl (C=O) groups is 1. The molecule has 16 heavy (non-hydrogen) atoms. The first-order valence-corrected chi connectivity index (χ1v) is 6.77. The number of ketones is 1. The van der Waals surface area contributed by atoms with Crippen LogP contribution in [-0.4, -0.2) is 5.78 Å². The average Bonchev–Trinajstić information content (AvgIpc) is 2.39. The van der Waals surface area contributed by atoms with E-state index in [1.807, 2.05) is 0 Å². The van der Waals surface area contributed by atoms with Crippen molar-refractivity contribution in [2.75, 3.05) is 0 Å². The van der Waals surface area contributed by atoms with Crippen molar-refractivity contribution in [2.24, 2.45) is 22.2 Å². The van der Waals surface area contributed by atoms with Crippen LogP contribution in [0.25, 0.3) is 0 Å². The van der Waals surface area contributed by atoms with Gasteiger partial charge in [-0.2, -0.15) is 0 Å². The topological polar surface area (TPSA) is 17.1 Å². The summed E-state index contributed by atoms with van der Waals surface area (Å²) in [5.74, 6) is 1.11. The first-order chi connectivity index (χ1) is 7.25. The van der Waals surface area contributed by atoms with E-state index in [-0.39, 0.29) is 5.41 Å². The Kier molecular flexibility index (Phi) is 2.53. The van der Waals surface area contributed by atoms with Gasteiger partial charge in [-0.15, -0.1) is 0 Å². The Hall–Kier alpha value is -0.330. The van der Waals surface area contributed by atoms with E-state index in [9.17, 15) is 4.79 Å². The van der Waals surface area contributed by atoms with Gasteiger partial charge in [-0.05, 0) is 41.4 Å². The van der Waals surface area contributed by atoms with Gasteiger partial charge in [0.05, 0.1) is 0 Å². The van der Waals surface area contributed by atoms with E-state index in [1.54, 1.807) is 0 Å². The number of hydrogen-bond acceptors (Lipinski definition) is 1. The summed E-state index contributed by atoms with van der Waals surface area (Å²) >= 11 is 0. The molecule has 2 fully saturated rings. The standard InChI is InChI=1S/C15H26O/c1-6-15-8-7-13(2,3)12(15)9-11(16)10-14(15,4)5/h12H,6-10H2,1-5H3/t12?,15-/m0/s1. The third-order valence-electron chi connectivity index (χ3n) is 5.88. The molecule has 0 aromatic carbocycles. The van der Waals surface area contributed by atoms with Crippen LogP contribution >= 0.6 is 0 Å². The summed E-state index contributed by atoms with van der Waals surface area (Å²) in [7, 11) is 0. The van der Waals surface area contributed by atoms with Crippen molar-refractivity contribution in [3.63, 3.8) is 0 Å². The summed E-state index contributed by atoms with van der Waals surface area (Å²) in [5.41, 5.74) is 0.989. The Morgan fingerprint density at radius 3 is 2.38 bits per heavy atom. The molecule has 0 N–H and O–H groups in total. The summed E-state index contributed by atoms with van der Waals surface area (Å²) in [4.78, 5) is 12.0.